The van der Waals surface area contributed by atoms with Crippen molar-refractivity contribution in [2.45, 2.75) is 46.6 Å². The molecule has 0 atom stereocenters. The van der Waals surface area contributed by atoms with E-state index in [4.69, 9.17) is 0 Å². The molecule has 1 aromatic carbocycles. The van der Waals surface area contributed by atoms with Gasteiger partial charge < -0.3 is 10.4 Å². The highest BCUT2D eigenvalue weighted by Gasteiger charge is 2.31. The third-order valence-corrected chi connectivity index (χ3v) is 6.74. The van der Waals surface area contributed by atoms with Gasteiger partial charge in [0.1, 0.15) is 10.8 Å². The lowest BCUT2D eigenvalue weighted by Gasteiger charge is -2.29. The first-order valence-electron chi connectivity index (χ1n) is 9.56. The quantitative estimate of drug-likeness (QED) is 0.375. The van der Waals surface area contributed by atoms with Gasteiger partial charge in [-0.3, -0.25) is 4.31 Å². The summed E-state index contributed by atoms with van der Waals surface area (Å²) in [6.45, 7) is 15.6. The van der Waals surface area contributed by atoms with Crippen LogP contribution in [-0.2, 0) is 19.4 Å². The Hall–Kier alpha value is -1.69. The summed E-state index contributed by atoms with van der Waals surface area (Å²) in [5, 5.41) is 14.8. The van der Waals surface area contributed by atoms with Crippen LogP contribution < -0.4 is 5.32 Å². The van der Waals surface area contributed by atoms with Crippen LogP contribution in [0.4, 0.5) is 5.00 Å². The third-order valence-electron chi connectivity index (χ3n) is 5.39. The molecule has 0 saturated heterocycles. The van der Waals surface area contributed by atoms with Crippen LogP contribution in [0.1, 0.15) is 53.0 Å². The summed E-state index contributed by atoms with van der Waals surface area (Å²) in [5.41, 5.74) is 6.61. The summed E-state index contributed by atoms with van der Waals surface area (Å²) in [4.78, 5) is 1.35. The molecule has 2 N–H and O–H groups in total. The van der Waals surface area contributed by atoms with Crippen LogP contribution >= 0.6 is 24.2 Å². The number of fused-ring (bicyclic) bond motifs is 1. The summed E-state index contributed by atoms with van der Waals surface area (Å²) in [6.07, 6.45) is 3.16. The average molecular weight is 415 g/mol. The lowest BCUT2D eigenvalue weighted by Crippen LogP contribution is -2.21. The Bertz CT molecular complexity index is 925. The molecule has 0 bridgehead atoms. The zero-order chi connectivity index (χ0) is 20.6. The van der Waals surface area contributed by atoms with Gasteiger partial charge in [-0.25, -0.2) is 0 Å². The molecule has 1 heterocycles. The lowest BCUT2D eigenvalue weighted by atomic mass is 9.76. The van der Waals surface area contributed by atoms with E-state index in [0.717, 1.165) is 53.2 Å². The van der Waals surface area contributed by atoms with Gasteiger partial charge in [0.15, 0.2) is 0 Å². The monoisotopic (exact) mass is 414 g/mol. The second-order valence-electron chi connectivity index (χ2n) is 8.52. The minimum atomic E-state index is 0.130. The molecule has 1 aliphatic rings. The van der Waals surface area contributed by atoms with Crippen LogP contribution in [0.25, 0.3) is 11.5 Å². The fourth-order valence-corrected chi connectivity index (χ4v) is 5.47. The van der Waals surface area contributed by atoms with Crippen molar-refractivity contribution >= 4 is 40.6 Å². The first-order valence-corrected chi connectivity index (χ1v) is 10.8. The van der Waals surface area contributed by atoms with Gasteiger partial charge in [0.2, 0.25) is 0 Å². The van der Waals surface area contributed by atoms with Crippen LogP contribution in [0.2, 0.25) is 0 Å². The van der Waals surface area contributed by atoms with Gasteiger partial charge in [-0.05, 0) is 55.3 Å². The Morgan fingerprint density at radius 3 is 2.68 bits per heavy atom. The van der Waals surface area contributed by atoms with Gasteiger partial charge in [0.05, 0.1) is 5.56 Å². The molecule has 2 aromatic rings. The van der Waals surface area contributed by atoms with Gasteiger partial charge in [-0.2, -0.15) is 0 Å². The van der Waals surface area contributed by atoms with Crippen molar-refractivity contribution in [3.05, 3.63) is 64.1 Å². The Kier molecular flexibility index (Phi) is 5.99. The maximum atomic E-state index is 10.4. The molecule has 0 unspecified atom stereocenters. The summed E-state index contributed by atoms with van der Waals surface area (Å²) >= 11 is 6.13. The number of aliphatic hydroxyl groups is 1. The van der Waals surface area contributed by atoms with Crippen LogP contribution in [0.3, 0.4) is 0 Å². The summed E-state index contributed by atoms with van der Waals surface area (Å²) in [5.74, 6) is 0.130. The van der Waals surface area contributed by atoms with Crippen LogP contribution in [0.15, 0.2) is 31.4 Å². The molecule has 0 radical (unpaired) electrons. The lowest BCUT2D eigenvalue weighted by molar-refractivity contribution is 0.317. The van der Waals surface area contributed by atoms with Crippen molar-refractivity contribution in [3.63, 3.8) is 0 Å². The topological polar surface area (TPSA) is 35.5 Å². The van der Waals surface area contributed by atoms with Crippen LogP contribution in [-0.4, -0.2) is 16.5 Å². The van der Waals surface area contributed by atoms with Gasteiger partial charge in [-0.15, -0.1) is 11.3 Å². The molecule has 0 aliphatic heterocycles. The minimum absolute atomic E-state index is 0.130. The second kappa shape index (κ2) is 7.97. The first-order chi connectivity index (χ1) is 13.1. The number of thiophene rings is 1. The molecule has 5 heteroatoms. The van der Waals surface area contributed by atoms with Gasteiger partial charge in [0, 0.05) is 22.7 Å². The molecule has 0 fully saturated rings. The van der Waals surface area contributed by atoms with Crippen molar-refractivity contribution < 1.29 is 5.11 Å². The number of nitrogens with one attached hydrogen (secondary N) is 1. The molecule has 3 rings (SSSR count). The van der Waals surface area contributed by atoms with Crippen molar-refractivity contribution in [2.75, 3.05) is 12.4 Å². The largest absolute Gasteiger partial charge is 0.508 e. The number of aliphatic hydroxyl groups excluding tert-OH is 1. The Labute approximate surface area is 178 Å². The maximum Gasteiger partial charge on any atom is 0.118 e. The van der Waals surface area contributed by atoms with E-state index in [1.54, 1.807) is 11.3 Å². The Morgan fingerprint density at radius 1 is 1.32 bits per heavy atom. The molecule has 28 heavy (non-hydrogen) atoms. The van der Waals surface area contributed by atoms with E-state index in [-0.39, 0.29) is 11.2 Å². The average Bonchev–Trinajstić information content (AvgIpc) is 2.90. The fourth-order valence-electron chi connectivity index (χ4n) is 4.05. The van der Waals surface area contributed by atoms with Crippen molar-refractivity contribution in [1.29, 1.82) is 0 Å². The predicted octanol–water partition coefficient (Wildman–Crippen LogP) is 6.46. The van der Waals surface area contributed by atoms with Gasteiger partial charge in [0.25, 0.3) is 0 Å². The second-order valence-corrected chi connectivity index (χ2v) is 10.3. The number of rotatable bonds is 6. The Balaban J connectivity index is 1.98. The molecule has 1 aliphatic carbocycles. The van der Waals surface area contributed by atoms with E-state index in [1.165, 1.54) is 16.0 Å². The number of benzene rings is 1. The highest BCUT2D eigenvalue weighted by Crippen LogP contribution is 2.46. The third kappa shape index (κ3) is 4.32. The van der Waals surface area contributed by atoms with E-state index in [2.05, 4.69) is 70.3 Å². The number of hydrogen-bond acceptors (Lipinski definition) is 5. The van der Waals surface area contributed by atoms with Gasteiger partial charge >= 0.3 is 0 Å². The molecule has 3 nitrogen and oxygen atoms in total. The van der Waals surface area contributed by atoms with E-state index in [9.17, 15) is 5.11 Å². The highest BCUT2D eigenvalue weighted by molar-refractivity contribution is 7.77. The smallest absolute Gasteiger partial charge is 0.118 e. The van der Waals surface area contributed by atoms with Crippen LogP contribution in [0.5, 0.6) is 0 Å². The summed E-state index contributed by atoms with van der Waals surface area (Å²) in [7, 11) is 1.94. The van der Waals surface area contributed by atoms with E-state index < -0.39 is 0 Å². The van der Waals surface area contributed by atoms with E-state index >= 15 is 0 Å². The van der Waals surface area contributed by atoms with Crippen molar-refractivity contribution in [1.82, 2.24) is 4.31 Å². The minimum Gasteiger partial charge on any atom is -0.508 e. The molecule has 0 spiro atoms. The zero-order valence-electron chi connectivity index (χ0n) is 17.2. The standard InChI is InChI=1S/C23H30N2OS2/c1-14-8-7-9-17(13-25(6)27)20(14)15(2)24-22-21(16(3)26)18-12-23(4,5)11-10-19(18)28-22/h7-9,24,26-27H,2-3,10-13H2,1,4-6H3. The summed E-state index contributed by atoms with van der Waals surface area (Å²) in [6, 6.07) is 6.26. The van der Waals surface area contributed by atoms with Crippen molar-refractivity contribution in [2.24, 2.45) is 5.41 Å². The zero-order valence-corrected chi connectivity index (χ0v) is 18.9. The van der Waals surface area contributed by atoms with E-state index in [0.29, 0.717) is 0 Å². The Morgan fingerprint density at radius 2 is 2.04 bits per heavy atom. The number of thiol groups is 1. The number of hydrogen-bond donors (Lipinski definition) is 3. The first kappa shape index (κ1) is 21.0. The highest BCUT2D eigenvalue weighted by atomic mass is 32.1. The van der Waals surface area contributed by atoms with Crippen LogP contribution in [0, 0.1) is 12.3 Å². The normalized spacial score (nSPS) is 15.4. The molecular formula is C23H30N2OS2. The van der Waals surface area contributed by atoms with Crippen molar-refractivity contribution in [3.8, 4) is 0 Å². The number of aryl methyl sites for hydroxylation is 2. The number of nitrogens with zero attached hydrogens (tertiary/aromatic N) is 1. The summed E-state index contributed by atoms with van der Waals surface area (Å²) < 4.78 is 1.86. The molecule has 150 valence electrons. The molecule has 0 saturated carbocycles. The number of anilines is 1. The fraction of sp³-hybridized carbons (Fsp3) is 0.391. The molecule has 0 amide bonds. The van der Waals surface area contributed by atoms with Gasteiger partial charge in [-0.1, -0.05) is 58.0 Å². The maximum absolute atomic E-state index is 10.4. The molecule has 1 aromatic heterocycles. The van der Waals surface area contributed by atoms with E-state index in [1.807, 2.05) is 11.4 Å². The predicted molar refractivity (Wildman–Crippen MR) is 126 cm³/mol. The SMILES string of the molecule is C=C(Nc1sc2c(c1C(=C)O)CC(C)(C)CC2)c1c(C)cccc1CN(C)S. The molecular weight excluding hydrogens is 384 g/mol.